The summed E-state index contributed by atoms with van der Waals surface area (Å²) in [6.45, 7) is 2.67. The normalized spacial score (nSPS) is 21.3. The summed E-state index contributed by atoms with van der Waals surface area (Å²) in [5, 5.41) is 22.5. The van der Waals surface area contributed by atoms with E-state index >= 15 is 0 Å². The molecule has 4 rings (SSSR count). The second-order valence-electron chi connectivity index (χ2n) is 7.98. The zero-order chi connectivity index (χ0) is 23.9. The number of aromatic nitrogens is 5. The van der Waals surface area contributed by atoms with Crippen LogP contribution in [-0.4, -0.2) is 66.3 Å². The molecule has 178 valence electrons. The van der Waals surface area contributed by atoms with Crippen molar-refractivity contribution < 1.29 is 27.8 Å². The molecule has 0 radical (unpaired) electrons. The van der Waals surface area contributed by atoms with E-state index in [1.165, 1.54) is 31.5 Å². The van der Waals surface area contributed by atoms with E-state index < -0.39 is 30.6 Å². The molecule has 9 nitrogen and oxygen atoms in total. The molecule has 3 aromatic rings. The molecule has 1 aliphatic heterocycles. The van der Waals surface area contributed by atoms with Crippen LogP contribution in [0.1, 0.15) is 38.2 Å². The van der Waals surface area contributed by atoms with Crippen LogP contribution in [0.4, 0.5) is 35.1 Å². The Morgan fingerprint density at radius 1 is 1.18 bits per heavy atom. The quantitative estimate of drug-likeness (QED) is 0.489. The molecule has 0 aromatic carbocycles. The number of hydrogen-bond acceptors (Lipinski definition) is 8. The first-order chi connectivity index (χ1) is 15.5. The zero-order valence-corrected chi connectivity index (χ0v) is 17.8. The highest BCUT2D eigenvalue weighted by atomic mass is 19.4. The third-order valence-corrected chi connectivity index (χ3v) is 5.53. The number of aliphatic hydroxyl groups excluding tert-OH is 2. The minimum atomic E-state index is -4.55. The van der Waals surface area contributed by atoms with E-state index in [9.17, 15) is 27.8 Å². The molecule has 0 spiro atoms. The monoisotopic (exact) mass is 469 g/mol. The lowest BCUT2D eigenvalue weighted by atomic mass is 10.1. The molecule has 1 fully saturated rings. The number of piperidine rings is 1. The molecule has 33 heavy (non-hydrogen) atoms. The molecule has 13 heteroatoms. The van der Waals surface area contributed by atoms with Gasteiger partial charge in [-0.2, -0.15) is 18.2 Å². The number of imidazole rings is 1. The van der Waals surface area contributed by atoms with E-state index in [1.54, 1.807) is 4.90 Å². The fourth-order valence-corrected chi connectivity index (χ4v) is 3.71. The van der Waals surface area contributed by atoms with Gasteiger partial charge in [-0.25, -0.2) is 19.3 Å². The van der Waals surface area contributed by atoms with Gasteiger partial charge in [-0.05, 0) is 26.3 Å². The Bertz CT molecular complexity index is 1140. The van der Waals surface area contributed by atoms with Gasteiger partial charge in [0.1, 0.15) is 41.3 Å². The Morgan fingerprint density at radius 3 is 2.61 bits per heavy atom. The van der Waals surface area contributed by atoms with Gasteiger partial charge in [-0.3, -0.25) is 0 Å². The predicted molar refractivity (Wildman–Crippen MR) is 112 cm³/mol. The molecule has 4 atom stereocenters. The summed E-state index contributed by atoms with van der Waals surface area (Å²) in [6, 6.07) is 1.02. The van der Waals surface area contributed by atoms with Gasteiger partial charge in [-0.1, -0.05) is 0 Å². The number of pyridine rings is 1. The second-order valence-corrected chi connectivity index (χ2v) is 7.98. The van der Waals surface area contributed by atoms with Crippen molar-refractivity contribution in [1.29, 1.82) is 0 Å². The average Bonchev–Trinajstić information content (AvgIpc) is 3.13. The smallest absolute Gasteiger partial charge is 0.390 e. The Labute approximate surface area is 186 Å². The van der Waals surface area contributed by atoms with Gasteiger partial charge in [0.25, 0.3) is 0 Å². The summed E-state index contributed by atoms with van der Waals surface area (Å²) < 4.78 is 55.3. The topological polar surface area (TPSA) is 112 Å². The first-order valence-corrected chi connectivity index (χ1v) is 10.3. The lowest BCUT2D eigenvalue weighted by Gasteiger charge is -2.32. The maximum absolute atomic E-state index is 13.9. The Kier molecular flexibility index (Phi) is 6.10. The van der Waals surface area contributed by atoms with Crippen LogP contribution in [0.15, 0.2) is 24.5 Å². The van der Waals surface area contributed by atoms with E-state index in [1.807, 2.05) is 0 Å². The minimum Gasteiger partial charge on any atom is -0.390 e. The first-order valence-electron chi connectivity index (χ1n) is 10.3. The number of fused-ring (bicyclic) bond motifs is 1. The number of nitrogens with zero attached hydrogens (tertiary/aromatic N) is 6. The van der Waals surface area contributed by atoms with Gasteiger partial charge in [0, 0.05) is 18.8 Å². The van der Waals surface area contributed by atoms with Crippen molar-refractivity contribution in [3.63, 3.8) is 0 Å². The number of anilines is 3. The summed E-state index contributed by atoms with van der Waals surface area (Å²) in [6.07, 6.45) is -5.19. The van der Waals surface area contributed by atoms with Crippen molar-refractivity contribution in [3.8, 4) is 0 Å². The lowest BCUT2D eigenvalue weighted by molar-refractivity contribution is -0.163. The molecular formula is C20H23F4N7O2. The van der Waals surface area contributed by atoms with Gasteiger partial charge in [0.05, 0.1) is 24.4 Å². The van der Waals surface area contributed by atoms with Crippen LogP contribution in [0.25, 0.3) is 11.0 Å². The van der Waals surface area contributed by atoms with Crippen molar-refractivity contribution >= 4 is 28.6 Å². The Morgan fingerprint density at radius 2 is 1.94 bits per heavy atom. The zero-order valence-electron chi connectivity index (χ0n) is 17.8. The molecule has 0 amide bonds. The minimum absolute atomic E-state index is 0.0501. The highest BCUT2D eigenvalue weighted by Gasteiger charge is 2.40. The Hall–Kier alpha value is -3.06. The predicted octanol–water partition coefficient (Wildman–Crippen LogP) is 3.05. The number of hydrogen-bond donors (Lipinski definition) is 3. The van der Waals surface area contributed by atoms with Gasteiger partial charge in [0.15, 0.2) is 0 Å². The van der Waals surface area contributed by atoms with Crippen molar-refractivity contribution in [2.45, 2.75) is 50.9 Å². The van der Waals surface area contributed by atoms with Crippen molar-refractivity contribution in [3.05, 3.63) is 30.4 Å². The van der Waals surface area contributed by atoms with Gasteiger partial charge in [0.2, 0.25) is 5.95 Å². The molecule has 3 N–H and O–H groups in total. The largest absolute Gasteiger partial charge is 0.408 e. The van der Waals surface area contributed by atoms with Crippen LogP contribution in [-0.2, 0) is 0 Å². The third kappa shape index (κ3) is 4.69. The van der Waals surface area contributed by atoms with Crippen molar-refractivity contribution in [2.24, 2.45) is 0 Å². The maximum Gasteiger partial charge on any atom is 0.408 e. The average molecular weight is 469 g/mol. The standard InChI is InChI=1S/C20H23F4N7O2/c1-10(32)18-27-13-8-26-17(7-14(13)31(18)11(2)20(22,23)24)28-16-3-5-25-19(29-16)30-6-4-15(33)12(21)9-30/h3,5,7-8,10-12,15,32-33H,4,6,9H2,1-2H3,(H,25,26,28,29)/t10?,11-,12-,15+/m0/s1. The van der Waals surface area contributed by atoms with Crippen molar-refractivity contribution in [2.75, 3.05) is 23.3 Å². The molecule has 0 saturated carbocycles. The number of halogens is 4. The summed E-state index contributed by atoms with van der Waals surface area (Å²) in [7, 11) is 0. The highest BCUT2D eigenvalue weighted by Crippen LogP contribution is 2.36. The van der Waals surface area contributed by atoms with Gasteiger partial charge in [-0.15, -0.1) is 0 Å². The van der Waals surface area contributed by atoms with Crippen LogP contribution in [0, 0.1) is 0 Å². The lowest BCUT2D eigenvalue weighted by Crippen LogP contribution is -2.45. The fourth-order valence-electron chi connectivity index (χ4n) is 3.71. The van der Waals surface area contributed by atoms with Crippen LogP contribution >= 0.6 is 0 Å². The van der Waals surface area contributed by atoms with E-state index in [4.69, 9.17) is 0 Å². The molecule has 0 bridgehead atoms. The maximum atomic E-state index is 13.9. The van der Waals surface area contributed by atoms with E-state index in [2.05, 4.69) is 25.3 Å². The van der Waals surface area contributed by atoms with Crippen LogP contribution in [0.5, 0.6) is 0 Å². The molecule has 1 saturated heterocycles. The van der Waals surface area contributed by atoms with E-state index in [0.29, 0.717) is 12.4 Å². The molecular weight excluding hydrogens is 446 g/mol. The number of nitrogens with one attached hydrogen (secondary N) is 1. The first kappa shape index (κ1) is 23.1. The summed E-state index contributed by atoms with van der Waals surface area (Å²) in [4.78, 5) is 18.4. The van der Waals surface area contributed by atoms with Crippen molar-refractivity contribution in [1.82, 2.24) is 24.5 Å². The summed E-state index contributed by atoms with van der Waals surface area (Å²) in [5.74, 6) is 0.644. The molecule has 1 unspecified atom stereocenters. The fraction of sp³-hybridized carbons (Fsp3) is 0.500. The summed E-state index contributed by atoms with van der Waals surface area (Å²) in [5.41, 5.74) is 0.351. The second kappa shape index (κ2) is 8.71. The molecule has 3 aromatic heterocycles. The number of aliphatic hydroxyl groups is 2. The van der Waals surface area contributed by atoms with Crippen LogP contribution in [0.2, 0.25) is 0 Å². The third-order valence-electron chi connectivity index (χ3n) is 5.53. The highest BCUT2D eigenvalue weighted by molar-refractivity contribution is 5.79. The molecule has 1 aliphatic rings. The van der Waals surface area contributed by atoms with Crippen LogP contribution < -0.4 is 10.2 Å². The van der Waals surface area contributed by atoms with Gasteiger partial charge < -0.3 is 25.0 Å². The van der Waals surface area contributed by atoms with Gasteiger partial charge >= 0.3 is 6.18 Å². The summed E-state index contributed by atoms with van der Waals surface area (Å²) >= 11 is 0. The number of rotatable bonds is 5. The molecule has 0 aliphatic carbocycles. The van der Waals surface area contributed by atoms with Crippen LogP contribution in [0.3, 0.4) is 0 Å². The van der Waals surface area contributed by atoms with E-state index in [-0.39, 0.29) is 41.6 Å². The van der Waals surface area contributed by atoms with E-state index in [0.717, 1.165) is 11.5 Å². The number of alkyl halides is 4. The SMILES string of the molecule is CC(O)c1nc2cnc(Nc3ccnc(N4CC[C@@H](O)[C@@H](F)C4)n3)cc2n1[C@@H](C)C(F)(F)F. The molecule has 4 heterocycles. The Balaban J connectivity index is 1.65.